The Hall–Kier alpha value is -1.43. The van der Waals surface area contributed by atoms with Crippen molar-refractivity contribution >= 4 is 5.91 Å². The predicted octanol–water partition coefficient (Wildman–Crippen LogP) is -0.266. The van der Waals surface area contributed by atoms with Gasteiger partial charge < -0.3 is 10.6 Å². The van der Waals surface area contributed by atoms with Crippen LogP contribution in [-0.4, -0.2) is 33.7 Å². The minimum atomic E-state index is -0.124. The van der Waals surface area contributed by atoms with Crippen molar-refractivity contribution in [1.29, 1.82) is 0 Å². The third-order valence-electron chi connectivity index (χ3n) is 2.35. The van der Waals surface area contributed by atoms with Crippen LogP contribution in [0.1, 0.15) is 31.6 Å². The summed E-state index contributed by atoms with van der Waals surface area (Å²) >= 11 is 0. The second kappa shape index (κ2) is 4.39. The quantitative estimate of drug-likeness (QED) is 0.623. The van der Waals surface area contributed by atoms with Crippen LogP contribution in [0.4, 0.5) is 0 Å². The van der Waals surface area contributed by atoms with Gasteiger partial charge in [0.05, 0.1) is 12.6 Å². The first kappa shape index (κ1) is 10.1. The third kappa shape index (κ3) is 3.02. The van der Waals surface area contributed by atoms with Gasteiger partial charge in [-0.2, -0.15) is 5.10 Å². The summed E-state index contributed by atoms with van der Waals surface area (Å²) in [6, 6.07) is 0.428. The Bertz CT molecular complexity index is 319. The molecule has 6 nitrogen and oxygen atoms in total. The second-order valence-corrected chi connectivity index (χ2v) is 3.82. The van der Waals surface area contributed by atoms with E-state index in [1.807, 2.05) is 6.92 Å². The standard InChI is InChI=1S/C9H15N5O/c1-6(9-11-5-12-14-9)13-8(15)4-10-7-2-3-7/h5-7,10H,2-4H2,1H3,(H,13,15)(H,11,12,14). The molecule has 1 amide bonds. The van der Waals surface area contributed by atoms with Crippen LogP contribution in [0, 0.1) is 0 Å². The van der Waals surface area contributed by atoms with Gasteiger partial charge in [0.15, 0.2) is 0 Å². The first-order chi connectivity index (χ1) is 7.25. The van der Waals surface area contributed by atoms with Crippen LogP contribution in [0.15, 0.2) is 6.33 Å². The highest BCUT2D eigenvalue weighted by atomic mass is 16.2. The highest BCUT2D eigenvalue weighted by Crippen LogP contribution is 2.17. The summed E-state index contributed by atoms with van der Waals surface area (Å²) in [7, 11) is 0. The summed E-state index contributed by atoms with van der Waals surface area (Å²) < 4.78 is 0. The summed E-state index contributed by atoms with van der Waals surface area (Å²) in [4.78, 5) is 15.4. The minimum Gasteiger partial charge on any atom is -0.345 e. The highest BCUT2D eigenvalue weighted by molar-refractivity contribution is 5.78. The van der Waals surface area contributed by atoms with Gasteiger partial charge in [-0.15, -0.1) is 0 Å². The van der Waals surface area contributed by atoms with Crippen LogP contribution in [0.25, 0.3) is 0 Å². The number of carbonyl (C=O) groups excluding carboxylic acids is 1. The van der Waals surface area contributed by atoms with Gasteiger partial charge in [-0.25, -0.2) is 4.98 Å². The molecule has 6 heteroatoms. The fourth-order valence-electron chi connectivity index (χ4n) is 1.31. The van der Waals surface area contributed by atoms with Crippen molar-refractivity contribution in [2.24, 2.45) is 0 Å². The molecule has 0 aromatic carbocycles. The molecule has 1 aromatic heterocycles. The maximum absolute atomic E-state index is 11.4. The molecule has 0 saturated heterocycles. The minimum absolute atomic E-state index is 0.00852. The number of rotatable bonds is 5. The van der Waals surface area contributed by atoms with Crippen molar-refractivity contribution in [3.63, 3.8) is 0 Å². The number of aromatic nitrogens is 3. The Kier molecular flexibility index (Phi) is 2.96. The maximum Gasteiger partial charge on any atom is 0.234 e. The van der Waals surface area contributed by atoms with Crippen LogP contribution in [0.3, 0.4) is 0 Å². The van der Waals surface area contributed by atoms with Gasteiger partial charge in [0.25, 0.3) is 0 Å². The van der Waals surface area contributed by atoms with Crippen LogP contribution in [0.5, 0.6) is 0 Å². The zero-order valence-electron chi connectivity index (χ0n) is 8.66. The van der Waals surface area contributed by atoms with Gasteiger partial charge in [0.2, 0.25) is 5.91 Å². The molecule has 1 aliphatic carbocycles. The van der Waals surface area contributed by atoms with Gasteiger partial charge in [-0.1, -0.05) is 0 Å². The summed E-state index contributed by atoms with van der Waals surface area (Å²) in [5.74, 6) is 0.667. The van der Waals surface area contributed by atoms with Crippen molar-refractivity contribution in [1.82, 2.24) is 25.8 Å². The topological polar surface area (TPSA) is 82.7 Å². The lowest BCUT2D eigenvalue weighted by Gasteiger charge is -2.11. The molecule has 1 saturated carbocycles. The van der Waals surface area contributed by atoms with E-state index in [1.54, 1.807) is 0 Å². The molecule has 0 aliphatic heterocycles. The van der Waals surface area contributed by atoms with Gasteiger partial charge >= 0.3 is 0 Å². The Morgan fingerprint density at radius 1 is 1.73 bits per heavy atom. The van der Waals surface area contributed by atoms with E-state index < -0.39 is 0 Å². The highest BCUT2D eigenvalue weighted by Gasteiger charge is 2.21. The average Bonchev–Trinajstić information content (AvgIpc) is 2.87. The molecule has 1 atom stereocenters. The number of aromatic amines is 1. The molecule has 3 N–H and O–H groups in total. The van der Waals surface area contributed by atoms with E-state index in [2.05, 4.69) is 25.8 Å². The van der Waals surface area contributed by atoms with Crippen LogP contribution >= 0.6 is 0 Å². The molecule has 15 heavy (non-hydrogen) atoms. The van der Waals surface area contributed by atoms with E-state index in [4.69, 9.17) is 0 Å². The molecule has 1 unspecified atom stereocenters. The molecule has 1 aliphatic rings. The Labute approximate surface area is 87.9 Å². The molecule has 0 bridgehead atoms. The number of H-pyrrole nitrogens is 1. The first-order valence-electron chi connectivity index (χ1n) is 5.13. The van der Waals surface area contributed by atoms with Gasteiger partial charge in [-0.05, 0) is 19.8 Å². The zero-order chi connectivity index (χ0) is 10.7. The Morgan fingerprint density at radius 2 is 2.53 bits per heavy atom. The SMILES string of the molecule is CC(NC(=O)CNC1CC1)c1ncn[nH]1. The van der Waals surface area contributed by atoms with E-state index in [1.165, 1.54) is 19.2 Å². The van der Waals surface area contributed by atoms with Crippen LogP contribution < -0.4 is 10.6 Å². The molecule has 1 fully saturated rings. The largest absolute Gasteiger partial charge is 0.345 e. The Morgan fingerprint density at radius 3 is 3.13 bits per heavy atom. The molecule has 82 valence electrons. The monoisotopic (exact) mass is 209 g/mol. The number of nitrogens with one attached hydrogen (secondary N) is 3. The molecular weight excluding hydrogens is 194 g/mol. The molecule has 0 spiro atoms. The number of nitrogens with zero attached hydrogens (tertiary/aromatic N) is 2. The predicted molar refractivity (Wildman–Crippen MR) is 54.0 cm³/mol. The van der Waals surface area contributed by atoms with Crippen LogP contribution in [-0.2, 0) is 4.79 Å². The van der Waals surface area contributed by atoms with Gasteiger partial charge in [0, 0.05) is 6.04 Å². The lowest BCUT2D eigenvalue weighted by Crippen LogP contribution is -2.36. The van der Waals surface area contributed by atoms with E-state index in [9.17, 15) is 4.79 Å². The van der Waals surface area contributed by atoms with E-state index in [0.29, 0.717) is 18.4 Å². The molecule has 1 aromatic rings. The van der Waals surface area contributed by atoms with Crippen molar-refractivity contribution in [3.8, 4) is 0 Å². The fourth-order valence-corrected chi connectivity index (χ4v) is 1.31. The van der Waals surface area contributed by atoms with E-state index in [-0.39, 0.29) is 11.9 Å². The van der Waals surface area contributed by atoms with Gasteiger partial charge in [-0.3, -0.25) is 9.89 Å². The van der Waals surface area contributed by atoms with E-state index in [0.717, 1.165) is 0 Å². The molecule has 0 radical (unpaired) electrons. The lowest BCUT2D eigenvalue weighted by atomic mass is 10.3. The van der Waals surface area contributed by atoms with Crippen LogP contribution in [0.2, 0.25) is 0 Å². The summed E-state index contributed by atoms with van der Waals surface area (Å²) in [5.41, 5.74) is 0. The normalized spacial score (nSPS) is 17.4. The maximum atomic E-state index is 11.4. The summed E-state index contributed by atoms with van der Waals surface area (Å²) in [6.45, 7) is 2.25. The smallest absolute Gasteiger partial charge is 0.234 e. The summed E-state index contributed by atoms with van der Waals surface area (Å²) in [5, 5.41) is 12.4. The summed E-state index contributed by atoms with van der Waals surface area (Å²) in [6.07, 6.45) is 3.80. The lowest BCUT2D eigenvalue weighted by molar-refractivity contribution is -0.120. The number of amides is 1. The van der Waals surface area contributed by atoms with Crippen molar-refractivity contribution in [3.05, 3.63) is 12.2 Å². The zero-order valence-corrected chi connectivity index (χ0v) is 8.66. The first-order valence-corrected chi connectivity index (χ1v) is 5.13. The number of hydrogen-bond donors (Lipinski definition) is 3. The fraction of sp³-hybridized carbons (Fsp3) is 0.667. The number of carbonyl (C=O) groups is 1. The third-order valence-corrected chi connectivity index (χ3v) is 2.35. The van der Waals surface area contributed by atoms with Gasteiger partial charge in [0.1, 0.15) is 12.2 Å². The Balaban J connectivity index is 1.72. The van der Waals surface area contributed by atoms with Crippen molar-refractivity contribution in [2.45, 2.75) is 31.8 Å². The van der Waals surface area contributed by atoms with Crippen molar-refractivity contribution in [2.75, 3.05) is 6.54 Å². The van der Waals surface area contributed by atoms with E-state index >= 15 is 0 Å². The molecule has 2 rings (SSSR count). The second-order valence-electron chi connectivity index (χ2n) is 3.82. The molecular formula is C9H15N5O. The average molecular weight is 209 g/mol. The molecule has 1 heterocycles. The number of hydrogen-bond acceptors (Lipinski definition) is 4. The van der Waals surface area contributed by atoms with Crippen molar-refractivity contribution < 1.29 is 4.79 Å².